The number of rotatable bonds is 4. The summed E-state index contributed by atoms with van der Waals surface area (Å²) in [7, 11) is 0. The van der Waals surface area contributed by atoms with Gasteiger partial charge in [0.25, 0.3) is 0 Å². The van der Waals surface area contributed by atoms with Gasteiger partial charge in [0.05, 0.1) is 0 Å². The van der Waals surface area contributed by atoms with Crippen LogP contribution in [0.25, 0.3) is 0 Å². The summed E-state index contributed by atoms with van der Waals surface area (Å²) in [6.45, 7) is 0.790. The van der Waals surface area contributed by atoms with Gasteiger partial charge >= 0.3 is 5.97 Å². The van der Waals surface area contributed by atoms with E-state index in [0.29, 0.717) is 29.5 Å². The highest BCUT2D eigenvalue weighted by molar-refractivity contribution is 9.10. The van der Waals surface area contributed by atoms with Crippen molar-refractivity contribution in [3.05, 3.63) is 34.3 Å². The Morgan fingerprint density at radius 2 is 2.21 bits per heavy atom. The molecule has 1 aromatic rings. The SMILES string of the molecule is NCC1CC(=O)N(C(C(=O)O)c2ccccc2Br)C1. The highest BCUT2D eigenvalue weighted by atomic mass is 79.9. The molecule has 0 spiro atoms. The number of carboxylic acids is 1. The molecule has 102 valence electrons. The number of likely N-dealkylation sites (tertiary alicyclic amines) is 1. The lowest BCUT2D eigenvalue weighted by Gasteiger charge is -2.25. The van der Waals surface area contributed by atoms with Gasteiger partial charge in [0.15, 0.2) is 6.04 Å². The largest absolute Gasteiger partial charge is 0.479 e. The first-order valence-electron chi connectivity index (χ1n) is 6.01. The number of benzene rings is 1. The number of carbonyl (C=O) groups excluding carboxylic acids is 1. The van der Waals surface area contributed by atoms with Gasteiger partial charge in [-0.2, -0.15) is 0 Å². The second-order valence-corrected chi connectivity index (χ2v) is 5.47. The van der Waals surface area contributed by atoms with Crippen molar-refractivity contribution in [1.29, 1.82) is 0 Å². The summed E-state index contributed by atoms with van der Waals surface area (Å²) < 4.78 is 0.686. The Labute approximate surface area is 119 Å². The highest BCUT2D eigenvalue weighted by Crippen LogP contribution is 2.32. The van der Waals surface area contributed by atoms with Gasteiger partial charge in [0.1, 0.15) is 0 Å². The Hall–Kier alpha value is -1.40. The number of hydrogen-bond acceptors (Lipinski definition) is 3. The van der Waals surface area contributed by atoms with Gasteiger partial charge in [-0.3, -0.25) is 4.79 Å². The van der Waals surface area contributed by atoms with E-state index in [1.807, 2.05) is 0 Å². The fourth-order valence-corrected chi connectivity index (χ4v) is 2.85. The molecule has 0 bridgehead atoms. The van der Waals surface area contributed by atoms with Crippen molar-refractivity contribution >= 4 is 27.8 Å². The van der Waals surface area contributed by atoms with E-state index in [1.54, 1.807) is 24.3 Å². The molecule has 6 heteroatoms. The maximum absolute atomic E-state index is 12.0. The molecule has 0 saturated carbocycles. The number of nitrogens with two attached hydrogens (primary N) is 1. The second kappa shape index (κ2) is 5.71. The monoisotopic (exact) mass is 326 g/mol. The Kier molecular flexibility index (Phi) is 4.21. The lowest BCUT2D eigenvalue weighted by atomic mass is 10.1. The molecule has 1 aliphatic rings. The maximum Gasteiger partial charge on any atom is 0.331 e. The van der Waals surface area contributed by atoms with Crippen LogP contribution in [0, 0.1) is 5.92 Å². The van der Waals surface area contributed by atoms with Crippen LogP contribution in [0.5, 0.6) is 0 Å². The van der Waals surface area contributed by atoms with E-state index < -0.39 is 12.0 Å². The van der Waals surface area contributed by atoms with Crippen LogP contribution in [0.4, 0.5) is 0 Å². The van der Waals surface area contributed by atoms with Crippen LogP contribution in [0.15, 0.2) is 28.7 Å². The zero-order valence-electron chi connectivity index (χ0n) is 10.3. The van der Waals surface area contributed by atoms with Crippen LogP contribution in [0.2, 0.25) is 0 Å². The first kappa shape index (κ1) is 14.0. The lowest BCUT2D eigenvalue weighted by molar-refractivity contribution is -0.148. The quantitative estimate of drug-likeness (QED) is 0.875. The molecule has 2 rings (SSSR count). The summed E-state index contributed by atoms with van der Waals surface area (Å²) in [4.78, 5) is 24.9. The molecule has 19 heavy (non-hydrogen) atoms. The molecule has 2 unspecified atom stereocenters. The molecular formula is C13H15BrN2O3. The van der Waals surface area contributed by atoms with Crippen LogP contribution in [0.1, 0.15) is 18.0 Å². The Bertz CT molecular complexity index is 506. The third-order valence-electron chi connectivity index (χ3n) is 3.32. The average Bonchev–Trinajstić information content (AvgIpc) is 2.73. The van der Waals surface area contributed by atoms with Crippen molar-refractivity contribution in [1.82, 2.24) is 4.90 Å². The van der Waals surface area contributed by atoms with E-state index in [9.17, 15) is 14.7 Å². The number of hydrogen-bond donors (Lipinski definition) is 2. The molecule has 1 amide bonds. The minimum Gasteiger partial charge on any atom is -0.479 e. The molecule has 5 nitrogen and oxygen atoms in total. The zero-order valence-corrected chi connectivity index (χ0v) is 11.8. The summed E-state index contributed by atoms with van der Waals surface area (Å²) in [5.41, 5.74) is 6.15. The third-order valence-corrected chi connectivity index (χ3v) is 4.04. The van der Waals surface area contributed by atoms with Gasteiger partial charge in [-0.15, -0.1) is 0 Å². The molecule has 0 aromatic heterocycles. The standard InChI is InChI=1S/C13H15BrN2O3/c14-10-4-2-1-3-9(10)12(13(18)19)16-7-8(6-15)5-11(16)17/h1-4,8,12H,5-7,15H2,(H,18,19). The van der Waals surface area contributed by atoms with Crippen molar-refractivity contribution in [3.8, 4) is 0 Å². The average molecular weight is 327 g/mol. The van der Waals surface area contributed by atoms with Crippen molar-refractivity contribution in [2.45, 2.75) is 12.5 Å². The van der Waals surface area contributed by atoms with E-state index in [4.69, 9.17) is 5.73 Å². The van der Waals surface area contributed by atoms with Gasteiger partial charge in [-0.05, 0) is 18.5 Å². The molecule has 0 aliphatic carbocycles. The van der Waals surface area contributed by atoms with Crippen molar-refractivity contribution < 1.29 is 14.7 Å². The van der Waals surface area contributed by atoms with Gasteiger partial charge in [-0.1, -0.05) is 34.1 Å². The Balaban J connectivity index is 2.35. The van der Waals surface area contributed by atoms with E-state index in [0.717, 1.165) is 0 Å². The number of aliphatic carboxylic acids is 1. The maximum atomic E-state index is 12.0. The normalized spacial score (nSPS) is 20.6. The molecule has 0 radical (unpaired) electrons. The van der Waals surface area contributed by atoms with E-state index in [-0.39, 0.29) is 11.8 Å². The van der Waals surface area contributed by atoms with Crippen molar-refractivity contribution in [2.75, 3.05) is 13.1 Å². The Morgan fingerprint density at radius 1 is 1.53 bits per heavy atom. The van der Waals surface area contributed by atoms with Crippen LogP contribution in [0.3, 0.4) is 0 Å². The van der Waals surface area contributed by atoms with E-state index >= 15 is 0 Å². The number of carbonyl (C=O) groups is 2. The predicted molar refractivity (Wildman–Crippen MR) is 73.4 cm³/mol. The summed E-state index contributed by atoms with van der Waals surface area (Å²) in [5, 5.41) is 9.44. The van der Waals surface area contributed by atoms with E-state index in [2.05, 4.69) is 15.9 Å². The highest BCUT2D eigenvalue weighted by Gasteiger charge is 2.38. The molecular weight excluding hydrogens is 312 g/mol. The van der Waals surface area contributed by atoms with Gasteiger partial charge in [-0.25, -0.2) is 4.79 Å². The minimum absolute atomic E-state index is 0.0387. The van der Waals surface area contributed by atoms with Gasteiger partial charge in [0, 0.05) is 23.0 Å². The lowest BCUT2D eigenvalue weighted by Crippen LogP contribution is -2.36. The van der Waals surface area contributed by atoms with Crippen LogP contribution in [-0.4, -0.2) is 35.0 Å². The zero-order chi connectivity index (χ0) is 14.0. The number of carboxylic acid groups (broad SMARTS) is 1. The fourth-order valence-electron chi connectivity index (χ4n) is 2.35. The molecule has 1 aliphatic heterocycles. The molecule has 1 fully saturated rings. The van der Waals surface area contributed by atoms with Crippen molar-refractivity contribution in [2.24, 2.45) is 11.7 Å². The van der Waals surface area contributed by atoms with Gasteiger partial charge in [0.2, 0.25) is 5.91 Å². The van der Waals surface area contributed by atoms with Crippen LogP contribution >= 0.6 is 15.9 Å². The molecule has 1 aromatic carbocycles. The van der Waals surface area contributed by atoms with Crippen LogP contribution < -0.4 is 5.73 Å². The first-order chi connectivity index (χ1) is 9.04. The smallest absolute Gasteiger partial charge is 0.331 e. The second-order valence-electron chi connectivity index (χ2n) is 4.61. The Morgan fingerprint density at radius 3 is 2.74 bits per heavy atom. The van der Waals surface area contributed by atoms with Crippen molar-refractivity contribution in [3.63, 3.8) is 0 Å². The summed E-state index contributed by atoms with van der Waals surface area (Å²) in [6, 6.07) is 6.09. The fraction of sp³-hybridized carbons (Fsp3) is 0.385. The molecule has 1 heterocycles. The molecule has 1 saturated heterocycles. The number of halogens is 1. The van der Waals surface area contributed by atoms with Crippen LogP contribution in [-0.2, 0) is 9.59 Å². The summed E-state index contributed by atoms with van der Waals surface area (Å²) >= 11 is 3.34. The first-order valence-corrected chi connectivity index (χ1v) is 6.80. The third kappa shape index (κ3) is 2.79. The summed E-state index contributed by atoms with van der Waals surface area (Å²) in [5.74, 6) is -1.15. The topological polar surface area (TPSA) is 83.6 Å². The predicted octanol–water partition coefficient (Wildman–Crippen LogP) is 1.38. The molecule has 3 N–H and O–H groups in total. The minimum atomic E-state index is -1.03. The number of amides is 1. The van der Waals surface area contributed by atoms with Gasteiger partial charge < -0.3 is 15.7 Å². The van der Waals surface area contributed by atoms with E-state index in [1.165, 1.54) is 4.90 Å². The summed E-state index contributed by atoms with van der Waals surface area (Å²) in [6.07, 6.45) is 0.324. The molecule has 2 atom stereocenters. The number of nitrogens with zero attached hydrogens (tertiary/aromatic N) is 1.